The first-order valence-corrected chi connectivity index (χ1v) is 14.8. The van der Waals surface area contributed by atoms with Crippen molar-refractivity contribution in [2.75, 3.05) is 0 Å². The molecule has 0 aliphatic carbocycles. The third-order valence-electron chi connectivity index (χ3n) is 3.33. The minimum absolute atomic E-state index is 0.176. The molecule has 0 aromatic carbocycles. The van der Waals surface area contributed by atoms with E-state index in [2.05, 4.69) is 13.8 Å². The zero-order chi connectivity index (χ0) is 16.1. The summed E-state index contributed by atoms with van der Waals surface area (Å²) in [5, 5.41) is 0. The second-order valence-electron chi connectivity index (χ2n) is 5.57. The standard InChI is InChI=1S/2C4H8O2.2C4H9.Sn/c2*1-2-3-4(5)6;2*1-3-4-2;/h2*2-3H2,1H3,(H,5,6);2*1,3-4H2,2H3;/q;;;;+2/p-2. The summed E-state index contributed by atoms with van der Waals surface area (Å²) >= 11 is -3.60. The molecule has 124 valence electrons. The molecule has 0 aliphatic rings. The van der Waals surface area contributed by atoms with Gasteiger partial charge in [0.15, 0.2) is 0 Å². The fourth-order valence-corrected chi connectivity index (χ4v) is 12.2. The van der Waals surface area contributed by atoms with E-state index in [0.29, 0.717) is 12.8 Å². The topological polar surface area (TPSA) is 52.6 Å². The number of carbonyl (C=O) groups is 2. The Labute approximate surface area is 134 Å². The Balaban J connectivity index is 4.99. The Hall–Kier alpha value is -0.261. The van der Waals surface area contributed by atoms with E-state index in [1.165, 1.54) is 0 Å². The number of unbranched alkanes of at least 4 members (excludes halogenated alkanes) is 2. The average Bonchev–Trinajstić information content (AvgIpc) is 2.43. The van der Waals surface area contributed by atoms with E-state index < -0.39 is 19.2 Å². The normalized spacial score (nSPS) is 11.2. The summed E-state index contributed by atoms with van der Waals surface area (Å²) in [4.78, 5) is 23.9. The van der Waals surface area contributed by atoms with E-state index >= 15 is 0 Å². The van der Waals surface area contributed by atoms with Gasteiger partial charge in [-0.2, -0.15) is 0 Å². The van der Waals surface area contributed by atoms with Crippen LogP contribution in [-0.2, 0) is 15.7 Å². The Morgan fingerprint density at radius 2 is 1.10 bits per heavy atom. The van der Waals surface area contributed by atoms with Crippen LogP contribution >= 0.6 is 0 Å². The SMILES string of the molecule is CCC[CH2][Sn]([CH2]CCC)([O]C(=O)CCC)[O]C(=O)CCC. The van der Waals surface area contributed by atoms with E-state index in [1.54, 1.807) is 0 Å². The summed E-state index contributed by atoms with van der Waals surface area (Å²) in [5.41, 5.74) is 0. The Morgan fingerprint density at radius 1 is 0.714 bits per heavy atom. The molecule has 21 heavy (non-hydrogen) atoms. The molecule has 0 N–H and O–H groups in total. The van der Waals surface area contributed by atoms with Crippen molar-refractivity contribution in [3.8, 4) is 0 Å². The van der Waals surface area contributed by atoms with Crippen LogP contribution in [0.15, 0.2) is 0 Å². The monoisotopic (exact) mass is 408 g/mol. The van der Waals surface area contributed by atoms with Crippen LogP contribution in [0.1, 0.15) is 79.1 Å². The van der Waals surface area contributed by atoms with Gasteiger partial charge in [-0.05, 0) is 0 Å². The molecule has 0 unspecified atom stereocenters. The summed E-state index contributed by atoms with van der Waals surface area (Å²) in [7, 11) is 0. The molecule has 0 atom stereocenters. The molecular weight excluding hydrogens is 375 g/mol. The Bertz CT molecular complexity index is 275. The second kappa shape index (κ2) is 12.3. The molecule has 0 heterocycles. The van der Waals surface area contributed by atoms with Crippen LogP contribution in [0.5, 0.6) is 0 Å². The van der Waals surface area contributed by atoms with Crippen LogP contribution in [-0.4, -0.2) is 31.1 Å². The summed E-state index contributed by atoms with van der Waals surface area (Å²) in [6.45, 7) is 8.13. The molecule has 0 fully saturated rings. The first-order valence-electron chi connectivity index (χ1n) is 8.47. The third kappa shape index (κ3) is 9.38. The molecule has 0 aromatic rings. The van der Waals surface area contributed by atoms with Gasteiger partial charge in [-0.25, -0.2) is 0 Å². The third-order valence-corrected chi connectivity index (χ3v) is 13.1. The zero-order valence-electron chi connectivity index (χ0n) is 14.2. The first-order chi connectivity index (χ1) is 10.0. The van der Waals surface area contributed by atoms with Crippen molar-refractivity contribution in [1.29, 1.82) is 0 Å². The summed E-state index contributed by atoms with van der Waals surface area (Å²) < 4.78 is 13.3. The number of carbonyl (C=O) groups excluding carboxylic acids is 2. The fraction of sp³-hybridized carbons (Fsp3) is 0.875. The maximum atomic E-state index is 12.0. The fourth-order valence-electron chi connectivity index (χ4n) is 2.17. The van der Waals surface area contributed by atoms with Gasteiger partial charge in [0.05, 0.1) is 0 Å². The molecule has 0 saturated carbocycles. The van der Waals surface area contributed by atoms with Crippen molar-refractivity contribution < 1.29 is 15.7 Å². The summed E-state index contributed by atoms with van der Waals surface area (Å²) in [6.07, 6.45) is 6.38. The molecule has 0 rings (SSSR count). The molecular formula is C16H32O4Sn. The molecule has 0 saturated heterocycles. The van der Waals surface area contributed by atoms with Crippen LogP contribution in [0.4, 0.5) is 0 Å². The van der Waals surface area contributed by atoms with Crippen LogP contribution < -0.4 is 0 Å². The van der Waals surface area contributed by atoms with E-state index in [4.69, 9.17) is 6.15 Å². The molecule has 0 radical (unpaired) electrons. The molecule has 0 amide bonds. The summed E-state index contributed by atoms with van der Waals surface area (Å²) in [5.74, 6) is -0.352. The molecule has 0 aliphatic heterocycles. The Kier molecular flexibility index (Phi) is 12.1. The average molecular weight is 407 g/mol. The quantitative estimate of drug-likeness (QED) is 0.440. The van der Waals surface area contributed by atoms with Crippen molar-refractivity contribution >= 4 is 31.1 Å². The van der Waals surface area contributed by atoms with Gasteiger partial charge in [-0.1, -0.05) is 0 Å². The van der Waals surface area contributed by atoms with Gasteiger partial charge in [0.25, 0.3) is 0 Å². The van der Waals surface area contributed by atoms with Crippen molar-refractivity contribution in [1.82, 2.24) is 0 Å². The van der Waals surface area contributed by atoms with Crippen molar-refractivity contribution in [2.24, 2.45) is 0 Å². The van der Waals surface area contributed by atoms with Crippen molar-refractivity contribution in [3.05, 3.63) is 0 Å². The number of hydrogen-bond donors (Lipinski definition) is 0. The predicted octanol–water partition coefficient (Wildman–Crippen LogP) is 4.72. The van der Waals surface area contributed by atoms with Crippen molar-refractivity contribution in [3.63, 3.8) is 0 Å². The van der Waals surface area contributed by atoms with Crippen molar-refractivity contribution in [2.45, 2.75) is 87.9 Å². The zero-order valence-corrected chi connectivity index (χ0v) is 17.1. The second-order valence-corrected chi connectivity index (χ2v) is 14.8. The van der Waals surface area contributed by atoms with Gasteiger partial charge >= 0.3 is 135 Å². The molecule has 0 aromatic heterocycles. The van der Waals surface area contributed by atoms with Gasteiger partial charge in [0.2, 0.25) is 0 Å². The van der Waals surface area contributed by atoms with Gasteiger partial charge < -0.3 is 0 Å². The number of hydrogen-bond acceptors (Lipinski definition) is 4. The van der Waals surface area contributed by atoms with Gasteiger partial charge in [-0.15, -0.1) is 0 Å². The van der Waals surface area contributed by atoms with E-state index in [9.17, 15) is 9.59 Å². The summed E-state index contributed by atoms with van der Waals surface area (Å²) in [6, 6.07) is 0. The van der Waals surface area contributed by atoms with Crippen LogP contribution in [0.2, 0.25) is 8.87 Å². The first kappa shape index (κ1) is 20.7. The van der Waals surface area contributed by atoms with Crippen LogP contribution in [0.3, 0.4) is 0 Å². The molecule has 0 spiro atoms. The van der Waals surface area contributed by atoms with Crippen LogP contribution in [0.25, 0.3) is 0 Å². The predicted molar refractivity (Wildman–Crippen MR) is 87.2 cm³/mol. The molecule has 5 heteroatoms. The van der Waals surface area contributed by atoms with Crippen LogP contribution in [0, 0.1) is 0 Å². The molecule has 4 nitrogen and oxygen atoms in total. The van der Waals surface area contributed by atoms with E-state index in [0.717, 1.165) is 47.4 Å². The maximum absolute atomic E-state index is 12.0. The number of rotatable bonds is 12. The van der Waals surface area contributed by atoms with Gasteiger partial charge in [0, 0.05) is 0 Å². The Morgan fingerprint density at radius 3 is 1.38 bits per heavy atom. The van der Waals surface area contributed by atoms with Gasteiger partial charge in [-0.3, -0.25) is 0 Å². The molecule has 0 bridgehead atoms. The van der Waals surface area contributed by atoms with E-state index in [1.807, 2.05) is 13.8 Å². The van der Waals surface area contributed by atoms with E-state index in [-0.39, 0.29) is 11.9 Å². The minimum atomic E-state index is -3.60. The van der Waals surface area contributed by atoms with Gasteiger partial charge in [0.1, 0.15) is 0 Å².